The Balaban J connectivity index is 2.07. The second-order valence-electron chi connectivity index (χ2n) is 5.40. The molecule has 130 valence electrons. The van der Waals surface area contributed by atoms with Crippen molar-refractivity contribution >= 4 is 22.7 Å². The smallest absolute Gasteiger partial charge is 0.416 e. The van der Waals surface area contributed by atoms with Gasteiger partial charge in [0, 0.05) is 12.4 Å². The lowest BCUT2D eigenvalue weighted by Crippen LogP contribution is -2.55. The molecule has 10 heteroatoms. The standard InChI is InChI=1S/C15H11F3N4O3/c16-15(17,18)11-7-22(6-10(25-11)14(23)24)9-2-1-8(5-19)12-13(9)21-4-3-20-12/h1-4,10-11H,6-7H2,(H,23,24). The summed E-state index contributed by atoms with van der Waals surface area (Å²) >= 11 is 0. The van der Waals surface area contributed by atoms with Crippen LogP contribution in [0.3, 0.4) is 0 Å². The number of hydrogen-bond acceptors (Lipinski definition) is 6. The van der Waals surface area contributed by atoms with Crippen LogP contribution >= 0.6 is 0 Å². The van der Waals surface area contributed by atoms with Gasteiger partial charge in [-0.1, -0.05) is 0 Å². The van der Waals surface area contributed by atoms with E-state index >= 15 is 0 Å². The number of benzene rings is 1. The minimum absolute atomic E-state index is 0.224. The van der Waals surface area contributed by atoms with Gasteiger partial charge >= 0.3 is 12.1 Å². The number of nitriles is 1. The number of fused-ring (bicyclic) bond motifs is 1. The number of alkyl halides is 3. The summed E-state index contributed by atoms with van der Waals surface area (Å²) in [5.41, 5.74) is 0.964. The van der Waals surface area contributed by atoms with Gasteiger partial charge in [-0.3, -0.25) is 9.97 Å². The third kappa shape index (κ3) is 3.18. The summed E-state index contributed by atoms with van der Waals surface area (Å²) in [7, 11) is 0. The fourth-order valence-corrected chi connectivity index (χ4v) is 2.66. The van der Waals surface area contributed by atoms with Crippen LogP contribution in [0, 0.1) is 11.3 Å². The lowest BCUT2D eigenvalue weighted by atomic mass is 10.1. The Labute approximate surface area is 139 Å². The molecule has 25 heavy (non-hydrogen) atoms. The molecule has 1 aliphatic heterocycles. The first-order chi connectivity index (χ1) is 11.8. The molecule has 1 saturated heterocycles. The van der Waals surface area contributed by atoms with Gasteiger partial charge in [0.1, 0.15) is 17.1 Å². The maximum Gasteiger partial charge on any atom is 0.416 e. The van der Waals surface area contributed by atoms with Crippen LogP contribution in [-0.2, 0) is 9.53 Å². The van der Waals surface area contributed by atoms with E-state index in [0.29, 0.717) is 0 Å². The quantitative estimate of drug-likeness (QED) is 0.878. The van der Waals surface area contributed by atoms with E-state index in [1.165, 1.54) is 29.4 Å². The fourth-order valence-electron chi connectivity index (χ4n) is 2.66. The van der Waals surface area contributed by atoms with Crippen LogP contribution in [0.5, 0.6) is 0 Å². The zero-order valence-electron chi connectivity index (χ0n) is 12.6. The number of carboxylic acid groups (broad SMARTS) is 1. The maximum atomic E-state index is 13.1. The Morgan fingerprint density at radius 3 is 2.56 bits per heavy atom. The number of hydrogen-bond donors (Lipinski definition) is 1. The highest BCUT2D eigenvalue weighted by Crippen LogP contribution is 2.33. The molecule has 0 spiro atoms. The Morgan fingerprint density at radius 2 is 1.96 bits per heavy atom. The Kier molecular flexibility index (Phi) is 4.18. The lowest BCUT2D eigenvalue weighted by Gasteiger charge is -2.38. The van der Waals surface area contributed by atoms with Crippen LogP contribution in [0.1, 0.15) is 5.56 Å². The lowest BCUT2D eigenvalue weighted by molar-refractivity contribution is -0.236. The number of ether oxygens (including phenoxy) is 1. The zero-order valence-corrected chi connectivity index (χ0v) is 12.6. The molecular formula is C15H11F3N4O3. The number of carbonyl (C=O) groups is 1. The molecule has 1 fully saturated rings. The molecule has 1 aromatic carbocycles. The number of nitrogens with zero attached hydrogens (tertiary/aromatic N) is 4. The Hall–Kier alpha value is -2.93. The highest BCUT2D eigenvalue weighted by atomic mass is 19.4. The molecule has 0 saturated carbocycles. The molecule has 2 aromatic rings. The van der Waals surface area contributed by atoms with E-state index in [1.807, 2.05) is 6.07 Å². The third-order valence-corrected chi connectivity index (χ3v) is 3.81. The normalized spacial score (nSPS) is 21.1. The average Bonchev–Trinajstić information content (AvgIpc) is 2.59. The predicted molar refractivity (Wildman–Crippen MR) is 78.8 cm³/mol. The molecule has 2 heterocycles. The van der Waals surface area contributed by atoms with Gasteiger partial charge in [-0.25, -0.2) is 4.79 Å². The largest absolute Gasteiger partial charge is 0.479 e. The van der Waals surface area contributed by atoms with E-state index in [4.69, 9.17) is 10.4 Å². The van der Waals surface area contributed by atoms with Crippen molar-refractivity contribution in [3.8, 4) is 6.07 Å². The first-order valence-electron chi connectivity index (χ1n) is 7.15. The van der Waals surface area contributed by atoms with Gasteiger partial charge in [0.2, 0.25) is 0 Å². The minimum atomic E-state index is -4.71. The summed E-state index contributed by atoms with van der Waals surface area (Å²) in [6, 6.07) is 4.79. The monoisotopic (exact) mass is 352 g/mol. The van der Waals surface area contributed by atoms with Gasteiger partial charge < -0.3 is 14.7 Å². The molecular weight excluding hydrogens is 341 g/mol. The van der Waals surface area contributed by atoms with E-state index < -0.39 is 30.9 Å². The van der Waals surface area contributed by atoms with Gasteiger partial charge in [0.15, 0.2) is 12.2 Å². The average molecular weight is 352 g/mol. The highest BCUT2D eigenvalue weighted by Gasteiger charge is 2.47. The van der Waals surface area contributed by atoms with Gasteiger partial charge in [-0.15, -0.1) is 0 Å². The van der Waals surface area contributed by atoms with Crippen molar-refractivity contribution in [2.24, 2.45) is 0 Å². The minimum Gasteiger partial charge on any atom is -0.479 e. The topological polar surface area (TPSA) is 99.3 Å². The van der Waals surface area contributed by atoms with E-state index in [9.17, 15) is 18.0 Å². The van der Waals surface area contributed by atoms with Crippen molar-refractivity contribution in [3.63, 3.8) is 0 Å². The number of aromatic nitrogens is 2. The van der Waals surface area contributed by atoms with Crippen molar-refractivity contribution in [2.75, 3.05) is 18.0 Å². The van der Waals surface area contributed by atoms with Crippen molar-refractivity contribution in [1.82, 2.24) is 9.97 Å². The van der Waals surface area contributed by atoms with Crippen LogP contribution in [-0.4, -0.2) is 52.5 Å². The van der Waals surface area contributed by atoms with Crippen LogP contribution in [0.25, 0.3) is 11.0 Å². The summed E-state index contributed by atoms with van der Waals surface area (Å²) < 4.78 is 43.9. The third-order valence-electron chi connectivity index (χ3n) is 3.81. The Morgan fingerprint density at radius 1 is 1.28 bits per heavy atom. The highest BCUT2D eigenvalue weighted by molar-refractivity contribution is 5.92. The molecule has 2 unspecified atom stereocenters. The SMILES string of the molecule is N#Cc1ccc(N2CC(C(=O)O)OC(C(F)(F)F)C2)c2nccnc12. The molecule has 0 radical (unpaired) electrons. The number of halogens is 3. The molecule has 3 rings (SSSR count). The van der Waals surface area contributed by atoms with Crippen molar-refractivity contribution in [3.05, 3.63) is 30.1 Å². The van der Waals surface area contributed by atoms with E-state index in [1.54, 1.807) is 0 Å². The van der Waals surface area contributed by atoms with E-state index in [-0.39, 0.29) is 28.8 Å². The van der Waals surface area contributed by atoms with Gasteiger partial charge in [-0.05, 0) is 12.1 Å². The molecule has 0 amide bonds. The summed E-state index contributed by atoms with van der Waals surface area (Å²) in [6.07, 6.45) is -5.87. The number of morpholine rings is 1. The summed E-state index contributed by atoms with van der Waals surface area (Å²) in [6.45, 7) is -0.857. The number of aliphatic carboxylic acids is 1. The van der Waals surface area contributed by atoms with Crippen molar-refractivity contribution in [1.29, 1.82) is 5.26 Å². The molecule has 1 aliphatic rings. The number of rotatable bonds is 2. The van der Waals surface area contributed by atoms with E-state index in [0.717, 1.165) is 0 Å². The number of carboxylic acids is 1. The fraction of sp³-hybridized carbons (Fsp3) is 0.333. The van der Waals surface area contributed by atoms with Crippen LogP contribution in [0.4, 0.5) is 18.9 Å². The Bertz CT molecular complexity index is 865. The van der Waals surface area contributed by atoms with Crippen LogP contribution < -0.4 is 4.90 Å². The summed E-state index contributed by atoms with van der Waals surface area (Å²) in [4.78, 5) is 20.6. The van der Waals surface area contributed by atoms with Gasteiger partial charge in [0.25, 0.3) is 0 Å². The molecule has 0 bridgehead atoms. The second-order valence-corrected chi connectivity index (χ2v) is 5.40. The maximum absolute atomic E-state index is 13.1. The van der Waals surface area contributed by atoms with E-state index in [2.05, 4.69) is 14.7 Å². The number of anilines is 1. The summed E-state index contributed by atoms with van der Waals surface area (Å²) in [5, 5.41) is 18.2. The first kappa shape index (κ1) is 16.9. The second kappa shape index (κ2) is 6.18. The van der Waals surface area contributed by atoms with Crippen molar-refractivity contribution in [2.45, 2.75) is 18.4 Å². The molecule has 1 N–H and O–H groups in total. The molecule has 2 atom stereocenters. The molecule has 0 aliphatic carbocycles. The van der Waals surface area contributed by atoms with Crippen LogP contribution in [0.2, 0.25) is 0 Å². The van der Waals surface area contributed by atoms with Crippen molar-refractivity contribution < 1.29 is 27.8 Å². The first-order valence-corrected chi connectivity index (χ1v) is 7.15. The molecule has 7 nitrogen and oxygen atoms in total. The molecule has 1 aromatic heterocycles. The predicted octanol–water partition coefficient (Wildman–Crippen LogP) is 1.72. The zero-order chi connectivity index (χ0) is 18.2. The summed E-state index contributed by atoms with van der Waals surface area (Å²) in [5.74, 6) is -1.48. The van der Waals surface area contributed by atoms with Gasteiger partial charge in [-0.2, -0.15) is 18.4 Å². The van der Waals surface area contributed by atoms with Gasteiger partial charge in [0.05, 0.1) is 24.3 Å². The van der Waals surface area contributed by atoms with Crippen LogP contribution in [0.15, 0.2) is 24.5 Å².